The molecule has 1 aliphatic carbocycles. The second-order valence-corrected chi connectivity index (χ2v) is 13.8. The summed E-state index contributed by atoms with van der Waals surface area (Å²) in [5.74, 6) is -1.58. The van der Waals surface area contributed by atoms with Gasteiger partial charge in [-0.3, -0.25) is 29.0 Å². The summed E-state index contributed by atoms with van der Waals surface area (Å²) in [6.07, 6.45) is 11.0. The predicted octanol–water partition coefficient (Wildman–Crippen LogP) is 0.987. The van der Waals surface area contributed by atoms with Crippen molar-refractivity contribution in [3.8, 4) is 0 Å². The SMILES string of the molecule is NC(=O)[C@H](CCCN=C(N)N)NC(=O)[C@@H]1CSCc2cccc(c2)C/C=C/CC(=O)N2CCC[C@H]2C(=O)N[C@@H](C2CCCCC2)C(=O)N1. The predicted molar refractivity (Wildman–Crippen MR) is 186 cm³/mol. The number of nitrogens with zero attached hydrogens (tertiary/aromatic N) is 2. The summed E-state index contributed by atoms with van der Waals surface area (Å²) in [6.45, 7) is 0.749. The lowest BCUT2D eigenvalue weighted by molar-refractivity contribution is -0.140. The topological polar surface area (TPSA) is 215 Å². The van der Waals surface area contributed by atoms with Crippen LogP contribution in [-0.2, 0) is 36.1 Å². The van der Waals surface area contributed by atoms with E-state index in [4.69, 9.17) is 17.2 Å². The molecule has 1 saturated carbocycles. The highest BCUT2D eigenvalue weighted by atomic mass is 32.2. The van der Waals surface area contributed by atoms with Crippen LogP contribution in [0.5, 0.6) is 0 Å². The number of benzene rings is 1. The number of thioether (sulfide) groups is 1. The van der Waals surface area contributed by atoms with Crippen molar-refractivity contribution in [3.63, 3.8) is 0 Å². The Bertz CT molecular complexity index is 1360. The summed E-state index contributed by atoms with van der Waals surface area (Å²) in [4.78, 5) is 72.5. The van der Waals surface area contributed by atoms with E-state index in [1.54, 1.807) is 4.90 Å². The molecule has 262 valence electrons. The van der Waals surface area contributed by atoms with E-state index < -0.39 is 41.9 Å². The van der Waals surface area contributed by atoms with E-state index in [2.05, 4.69) is 27.0 Å². The maximum absolute atomic E-state index is 14.1. The molecule has 2 fully saturated rings. The molecule has 0 unspecified atom stereocenters. The molecule has 48 heavy (non-hydrogen) atoms. The number of aliphatic imine (C=N–C) groups is 1. The van der Waals surface area contributed by atoms with E-state index in [9.17, 15) is 24.0 Å². The van der Waals surface area contributed by atoms with Gasteiger partial charge in [-0.05, 0) is 62.0 Å². The summed E-state index contributed by atoms with van der Waals surface area (Å²) in [5.41, 5.74) is 18.5. The molecule has 0 radical (unpaired) electrons. The van der Waals surface area contributed by atoms with Crippen molar-refractivity contribution in [2.24, 2.45) is 28.1 Å². The maximum atomic E-state index is 14.1. The molecule has 0 spiro atoms. The molecule has 0 aromatic heterocycles. The minimum absolute atomic E-state index is 0.0731. The highest BCUT2D eigenvalue weighted by Gasteiger charge is 2.39. The van der Waals surface area contributed by atoms with Gasteiger partial charge in [-0.25, -0.2) is 0 Å². The first-order chi connectivity index (χ1) is 23.1. The number of hydrogen-bond acceptors (Lipinski definition) is 7. The Morgan fingerprint density at radius 3 is 2.46 bits per heavy atom. The van der Waals surface area contributed by atoms with Crippen LogP contribution in [0.25, 0.3) is 0 Å². The number of guanidine groups is 1. The summed E-state index contributed by atoms with van der Waals surface area (Å²) in [5, 5.41) is 8.64. The molecule has 14 heteroatoms. The molecule has 1 aromatic carbocycles. The van der Waals surface area contributed by atoms with Crippen molar-refractivity contribution in [1.29, 1.82) is 0 Å². The fourth-order valence-electron chi connectivity index (χ4n) is 6.62. The van der Waals surface area contributed by atoms with Crippen LogP contribution in [0.3, 0.4) is 0 Å². The van der Waals surface area contributed by atoms with E-state index in [-0.39, 0.29) is 48.8 Å². The average Bonchev–Trinajstić information content (AvgIpc) is 3.57. The minimum Gasteiger partial charge on any atom is -0.370 e. The molecular weight excluding hydrogens is 632 g/mol. The van der Waals surface area contributed by atoms with Gasteiger partial charge in [-0.1, -0.05) is 55.7 Å². The number of hydrogen-bond donors (Lipinski definition) is 6. The number of carbonyl (C=O) groups is 5. The number of primary amides is 1. The first-order valence-corrected chi connectivity index (χ1v) is 18.1. The number of amides is 5. The summed E-state index contributed by atoms with van der Waals surface area (Å²) >= 11 is 1.48. The van der Waals surface area contributed by atoms with Crippen LogP contribution in [0.1, 0.15) is 75.3 Å². The van der Waals surface area contributed by atoms with E-state index in [0.717, 1.165) is 43.2 Å². The number of carbonyl (C=O) groups excluding carboxylic acids is 5. The van der Waals surface area contributed by atoms with Crippen molar-refractivity contribution in [3.05, 3.63) is 47.5 Å². The first kappa shape index (κ1) is 36.8. The maximum Gasteiger partial charge on any atom is 0.244 e. The average molecular weight is 683 g/mol. The van der Waals surface area contributed by atoms with Gasteiger partial charge in [0.25, 0.3) is 0 Å². The number of fused-ring (bicyclic) bond motifs is 3. The minimum atomic E-state index is -1.01. The van der Waals surface area contributed by atoms with Crippen molar-refractivity contribution in [1.82, 2.24) is 20.9 Å². The van der Waals surface area contributed by atoms with E-state index >= 15 is 0 Å². The molecule has 9 N–H and O–H groups in total. The highest BCUT2D eigenvalue weighted by molar-refractivity contribution is 7.98. The Kier molecular flexibility index (Phi) is 14.1. The quantitative estimate of drug-likeness (QED) is 0.100. The van der Waals surface area contributed by atoms with Crippen molar-refractivity contribution in [2.75, 3.05) is 18.8 Å². The smallest absolute Gasteiger partial charge is 0.244 e. The summed E-state index contributed by atoms with van der Waals surface area (Å²) < 4.78 is 0. The Balaban J connectivity index is 1.59. The lowest BCUT2D eigenvalue weighted by atomic mass is 9.83. The fourth-order valence-corrected chi connectivity index (χ4v) is 7.62. The monoisotopic (exact) mass is 682 g/mol. The van der Waals surface area contributed by atoms with Crippen LogP contribution in [0, 0.1) is 5.92 Å². The molecule has 4 rings (SSSR count). The third-order valence-electron chi connectivity index (χ3n) is 9.17. The third kappa shape index (κ3) is 11.0. The van der Waals surface area contributed by atoms with Crippen molar-refractivity contribution < 1.29 is 24.0 Å². The van der Waals surface area contributed by atoms with Gasteiger partial charge in [-0.15, -0.1) is 0 Å². The van der Waals surface area contributed by atoms with Crippen LogP contribution < -0.4 is 33.2 Å². The van der Waals surface area contributed by atoms with Gasteiger partial charge >= 0.3 is 0 Å². The van der Waals surface area contributed by atoms with Crippen LogP contribution in [0.15, 0.2) is 41.4 Å². The normalized spacial score (nSPS) is 24.5. The molecular formula is C34H50N8O5S. The molecule has 2 heterocycles. The zero-order valence-electron chi connectivity index (χ0n) is 27.5. The Morgan fingerprint density at radius 1 is 0.958 bits per heavy atom. The van der Waals surface area contributed by atoms with Gasteiger partial charge in [0, 0.05) is 31.0 Å². The Hall–Kier alpha value is -4.07. The number of nitrogens with one attached hydrogen (secondary N) is 3. The third-order valence-corrected chi connectivity index (χ3v) is 10.3. The first-order valence-electron chi connectivity index (χ1n) is 17.0. The fraction of sp³-hybridized carbons (Fsp3) is 0.588. The van der Waals surface area contributed by atoms with Crippen LogP contribution in [-0.4, -0.2) is 83.4 Å². The molecule has 1 aromatic rings. The molecule has 4 atom stereocenters. The second-order valence-electron chi connectivity index (χ2n) is 12.8. The lowest BCUT2D eigenvalue weighted by Crippen LogP contribution is -2.60. The molecule has 2 aliphatic heterocycles. The molecule has 3 aliphatic rings. The van der Waals surface area contributed by atoms with E-state index in [1.807, 2.05) is 30.4 Å². The van der Waals surface area contributed by atoms with Crippen molar-refractivity contribution >= 4 is 47.3 Å². The van der Waals surface area contributed by atoms with Gasteiger partial charge in [0.2, 0.25) is 29.5 Å². The van der Waals surface area contributed by atoms with Crippen molar-refractivity contribution in [2.45, 2.75) is 101 Å². The van der Waals surface area contributed by atoms with Crippen LogP contribution in [0.4, 0.5) is 0 Å². The lowest BCUT2D eigenvalue weighted by Gasteiger charge is -2.33. The van der Waals surface area contributed by atoms with Crippen LogP contribution in [0.2, 0.25) is 0 Å². The van der Waals surface area contributed by atoms with E-state index in [0.29, 0.717) is 38.0 Å². The van der Waals surface area contributed by atoms with Gasteiger partial charge in [0.15, 0.2) is 5.96 Å². The Morgan fingerprint density at radius 2 is 1.71 bits per heavy atom. The zero-order chi connectivity index (χ0) is 34.5. The second kappa shape index (κ2) is 18.5. The van der Waals surface area contributed by atoms with E-state index in [1.165, 1.54) is 11.8 Å². The largest absolute Gasteiger partial charge is 0.370 e. The van der Waals surface area contributed by atoms with Gasteiger partial charge in [0.1, 0.15) is 24.2 Å². The zero-order valence-corrected chi connectivity index (χ0v) is 28.3. The Labute approximate surface area is 286 Å². The van der Waals surface area contributed by atoms with Gasteiger partial charge in [-0.2, -0.15) is 11.8 Å². The van der Waals surface area contributed by atoms with Crippen LogP contribution >= 0.6 is 11.8 Å². The number of rotatable bonds is 8. The number of nitrogens with two attached hydrogens (primary N) is 3. The summed E-state index contributed by atoms with van der Waals surface area (Å²) in [7, 11) is 0. The molecule has 13 nitrogen and oxygen atoms in total. The molecule has 5 amide bonds. The molecule has 2 bridgehead atoms. The standard InChI is InChI=1S/C34H50N8O5S/c35-30(44)25(14-7-17-38-34(36)37)39-31(45)26-21-48-20-23-11-6-10-22(19-23)9-4-5-16-28(43)42-18-8-15-27(42)32(46)41-29(33(47)40-26)24-12-2-1-3-13-24/h4-6,10-11,19,24-27,29H,1-3,7-9,12-18,20-21H2,(H2,35,44)(H,39,45)(H,40,47)(H,41,46)(H4,36,37,38)/b5-4+/t25-,26-,27-,29-/m0/s1. The highest BCUT2D eigenvalue weighted by Crippen LogP contribution is 2.28. The van der Waals surface area contributed by atoms with Gasteiger partial charge in [0.05, 0.1) is 0 Å². The van der Waals surface area contributed by atoms with Gasteiger partial charge < -0.3 is 38.1 Å². The number of allylic oxidation sites excluding steroid dienone is 1. The summed E-state index contributed by atoms with van der Waals surface area (Å²) in [6, 6.07) is 4.54. The molecule has 1 saturated heterocycles.